The highest BCUT2D eigenvalue weighted by atomic mass is 16.6. The van der Waals surface area contributed by atoms with Crippen LogP contribution in [0.3, 0.4) is 0 Å². The second-order valence-electron chi connectivity index (χ2n) is 7.94. The lowest BCUT2D eigenvalue weighted by molar-refractivity contribution is -0.384. The summed E-state index contributed by atoms with van der Waals surface area (Å²) in [6, 6.07) is 22.0. The fourth-order valence-electron chi connectivity index (χ4n) is 4.35. The third-order valence-electron chi connectivity index (χ3n) is 5.83. The summed E-state index contributed by atoms with van der Waals surface area (Å²) in [7, 11) is 0. The standard InChI is InChI=1S/C26H19N3O5/c1-15-21(25(30)28-17-9-3-2-4-10-17)22(16-8-7-11-18(14-16)29(32)33)23-24(27-15)19-12-5-6-13-20(19)34-26(23)31/h2-14,22,27H,1H3,(H,28,30). The van der Waals surface area contributed by atoms with E-state index in [0.717, 1.165) is 0 Å². The summed E-state index contributed by atoms with van der Waals surface area (Å²) in [6.07, 6.45) is 0. The molecule has 1 unspecified atom stereocenters. The van der Waals surface area contributed by atoms with Crippen LogP contribution in [0.25, 0.3) is 11.0 Å². The van der Waals surface area contributed by atoms with Gasteiger partial charge in [0.05, 0.1) is 22.1 Å². The Balaban J connectivity index is 1.75. The molecular formula is C26H19N3O5. The number of nitro benzene ring substituents is 1. The van der Waals surface area contributed by atoms with Crippen LogP contribution in [0.4, 0.5) is 17.1 Å². The van der Waals surface area contributed by atoms with Gasteiger partial charge in [0.15, 0.2) is 0 Å². The van der Waals surface area contributed by atoms with Crippen LogP contribution in [-0.2, 0) is 4.79 Å². The second kappa shape index (κ2) is 8.32. The summed E-state index contributed by atoms with van der Waals surface area (Å²) in [4.78, 5) is 37.7. The maximum Gasteiger partial charge on any atom is 0.342 e. The first kappa shape index (κ1) is 21.1. The van der Waals surface area contributed by atoms with Crippen LogP contribution in [0.2, 0.25) is 0 Å². The third kappa shape index (κ3) is 3.61. The number of rotatable bonds is 4. The molecule has 0 bridgehead atoms. The van der Waals surface area contributed by atoms with Gasteiger partial charge in [-0.05, 0) is 36.8 Å². The van der Waals surface area contributed by atoms with Crippen LogP contribution in [0.5, 0.6) is 0 Å². The smallest absolute Gasteiger partial charge is 0.342 e. The first-order valence-electron chi connectivity index (χ1n) is 10.6. The van der Waals surface area contributed by atoms with E-state index in [1.807, 2.05) is 18.2 Å². The number of anilines is 2. The Morgan fingerprint density at radius 3 is 2.53 bits per heavy atom. The number of hydrogen-bond donors (Lipinski definition) is 2. The number of carbonyl (C=O) groups is 1. The molecule has 0 spiro atoms. The topological polar surface area (TPSA) is 114 Å². The molecule has 2 N–H and O–H groups in total. The van der Waals surface area contributed by atoms with Crippen LogP contribution in [-0.4, -0.2) is 10.8 Å². The zero-order valence-corrected chi connectivity index (χ0v) is 18.1. The fourth-order valence-corrected chi connectivity index (χ4v) is 4.35. The number of nitro groups is 1. The minimum Gasteiger partial charge on any atom is -0.422 e. The average Bonchev–Trinajstić information content (AvgIpc) is 2.84. The predicted octanol–water partition coefficient (Wildman–Crippen LogP) is 5.17. The van der Waals surface area contributed by atoms with Crippen molar-refractivity contribution in [1.82, 2.24) is 0 Å². The number of fused-ring (bicyclic) bond motifs is 3. The quantitative estimate of drug-likeness (QED) is 0.250. The molecule has 4 aromatic rings. The molecule has 168 valence electrons. The Bertz CT molecular complexity index is 1540. The summed E-state index contributed by atoms with van der Waals surface area (Å²) in [6.45, 7) is 1.75. The molecule has 8 heteroatoms. The van der Waals surface area contributed by atoms with Crippen LogP contribution < -0.4 is 16.3 Å². The summed E-state index contributed by atoms with van der Waals surface area (Å²) in [5.41, 5.74) is 2.24. The van der Waals surface area contributed by atoms with Crippen LogP contribution in [0.1, 0.15) is 24.0 Å². The summed E-state index contributed by atoms with van der Waals surface area (Å²) in [5.74, 6) is -1.30. The van der Waals surface area contributed by atoms with Crippen molar-refractivity contribution in [2.45, 2.75) is 12.8 Å². The second-order valence-corrected chi connectivity index (χ2v) is 7.94. The highest BCUT2D eigenvalue weighted by Crippen LogP contribution is 2.43. The molecule has 5 rings (SSSR count). The molecule has 1 aliphatic rings. The normalized spacial score (nSPS) is 14.9. The average molecular weight is 453 g/mol. The number of nitrogens with zero attached hydrogens (tertiary/aromatic N) is 1. The van der Waals surface area contributed by atoms with Crippen molar-refractivity contribution in [1.29, 1.82) is 0 Å². The highest BCUT2D eigenvalue weighted by molar-refractivity contribution is 6.08. The Kier molecular flexibility index (Phi) is 5.18. The number of para-hydroxylation sites is 2. The van der Waals surface area contributed by atoms with Gasteiger partial charge in [-0.2, -0.15) is 0 Å². The van der Waals surface area contributed by atoms with E-state index >= 15 is 0 Å². The molecule has 1 amide bonds. The SMILES string of the molecule is CC1=C(C(=O)Nc2ccccc2)C(c2cccc([N+](=O)[O-])c2)c2c(c3ccccc3oc2=O)N1. The summed E-state index contributed by atoms with van der Waals surface area (Å²) in [5, 5.41) is 18.2. The molecular weight excluding hydrogens is 434 g/mol. The van der Waals surface area contributed by atoms with Gasteiger partial charge >= 0.3 is 5.63 Å². The molecule has 1 aromatic heterocycles. The predicted molar refractivity (Wildman–Crippen MR) is 129 cm³/mol. The maximum absolute atomic E-state index is 13.5. The monoisotopic (exact) mass is 453 g/mol. The number of allylic oxidation sites excluding steroid dienone is 1. The Morgan fingerprint density at radius 1 is 1.03 bits per heavy atom. The molecule has 0 fully saturated rings. The van der Waals surface area contributed by atoms with E-state index in [0.29, 0.717) is 33.6 Å². The van der Waals surface area contributed by atoms with Crippen molar-refractivity contribution in [3.63, 3.8) is 0 Å². The summed E-state index contributed by atoms with van der Waals surface area (Å²) >= 11 is 0. The lowest BCUT2D eigenvalue weighted by Crippen LogP contribution is -2.30. The van der Waals surface area contributed by atoms with Gasteiger partial charge in [-0.25, -0.2) is 4.79 Å². The molecule has 1 aliphatic heterocycles. The molecule has 0 saturated heterocycles. The number of carbonyl (C=O) groups excluding carboxylic acids is 1. The lowest BCUT2D eigenvalue weighted by Gasteiger charge is -2.30. The van der Waals surface area contributed by atoms with Crippen LogP contribution in [0, 0.1) is 10.1 Å². The number of amides is 1. The van der Waals surface area contributed by atoms with Gasteiger partial charge < -0.3 is 15.1 Å². The van der Waals surface area contributed by atoms with E-state index < -0.39 is 22.4 Å². The zero-order chi connectivity index (χ0) is 23.8. The van der Waals surface area contributed by atoms with Gasteiger partial charge in [0.25, 0.3) is 11.6 Å². The van der Waals surface area contributed by atoms with Gasteiger partial charge in [0, 0.05) is 34.5 Å². The number of nitrogens with one attached hydrogen (secondary N) is 2. The maximum atomic E-state index is 13.5. The van der Waals surface area contributed by atoms with Crippen molar-refractivity contribution in [3.05, 3.63) is 122 Å². The zero-order valence-electron chi connectivity index (χ0n) is 18.1. The van der Waals surface area contributed by atoms with E-state index in [-0.39, 0.29) is 16.8 Å². The fraction of sp³-hybridized carbons (Fsp3) is 0.0769. The molecule has 0 radical (unpaired) electrons. The first-order chi connectivity index (χ1) is 16.4. The van der Waals surface area contributed by atoms with Crippen molar-refractivity contribution >= 4 is 33.9 Å². The van der Waals surface area contributed by atoms with Gasteiger partial charge in [0.2, 0.25) is 0 Å². The van der Waals surface area contributed by atoms with E-state index in [9.17, 15) is 19.7 Å². The van der Waals surface area contributed by atoms with Crippen molar-refractivity contribution in [2.75, 3.05) is 10.6 Å². The van der Waals surface area contributed by atoms with Gasteiger partial charge in [0.1, 0.15) is 5.58 Å². The Labute approximate surface area is 193 Å². The minimum atomic E-state index is -0.874. The largest absolute Gasteiger partial charge is 0.422 e. The van der Waals surface area contributed by atoms with E-state index in [4.69, 9.17) is 4.42 Å². The molecule has 0 saturated carbocycles. The van der Waals surface area contributed by atoms with Crippen molar-refractivity contribution in [3.8, 4) is 0 Å². The van der Waals surface area contributed by atoms with Crippen LogP contribution >= 0.6 is 0 Å². The van der Waals surface area contributed by atoms with E-state index in [2.05, 4.69) is 10.6 Å². The van der Waals surface area contributed by atoms with E-state index in [1.165, 1.54) is 12.1 Å². The minimum absolute atomic E-state index is 0.136. The van der Waals surface area contributed by atoms with Gasteiger partial charge in [-0.3, -0.25) is 14.9 Å². The Hall–Kier alpha value is -4.72. The summed E-state index contributed by atoms with van der Waals surface area (Å²) < 4.78 is 5.59. The molecule has 1 atom stereocenters. The van der Waals surface area contributed by atoms with Crippen LogP contribution in [0.15, 0.2) is 99.3 Å². The molecule has 2 heterocycles. The van der Waals surface area contributed by atoms with Crippen molar-refractivity contribution in [2.24, 2.45) is 0 Å². The van der Waals surface area contributed by atoms with E-state index in [1.54, 1.807) is 55.5 Å². The molecule has 3 aromatic carbocycles. The van der Waals surface area contributed by atoms with Gasteiger partial charge in [-0.15, -0.1) is 0 Å². The van der Waals surface area contributed by atoms with Gasteiger partial charge in [-0.1, -0.05) is 42.5 Å². The molecule has 0 aliphatic carbocycles. The molecule has 8 nitrogen and oxygen atoms in total. The molecule has 34 heavy (non-hydrogen) atoms. The number of hydrogen-bond acceptors (Lipinski definition) is 6. The highest BCUT2D eigenvalue weighted by Gasteiger charge is 2.36. The lowest BCUT2D eigenvalue weighted by atomic mass is 9.80. The van der Waals surface area contributed by atoms with Crippen molar-refractivity contribution < 1.29 is 14.1 Å². The number of non-ortho nitro benzene ring substituents is 1. The number of benzene rings is 3. The first-order valence-corrected chi connectivity index (χ1v) is 10.6. The third-order valence-corrected chi connectivity index (χ3v) is 5.83. The Morgan fingerprint density at radius 2 is 1.76 bits per heavy atom.